The quantitative estimate of drug-likeness (QED) is 0.898. The molecule has 4 heteroatoms. The third-order valence-corrected chi connectivity index (χ3v) is 4.96. The summed E-state index contributed by atoms with van der Waals surface area (Å²) in [4.78, 5) is 15.7. The molecular formula is C14H19NO2S. The summed E-state index contributed by atoms with van der Waals surface area (Å²) in [5.41, 5.74) is 0.141. The molecule has 1 aliphatic rings. The summed E-state index contributed by atoms with van der Waals surface area (Å²) in [5, 5.41) is 9.55. The number of hydrogen-bond donors (Lipinski definition) is 1. The van der Waals surface area contributed by atoms with Crippen molar-refractivity contribution in [2.75, 3.05) is 0 Å². The Kier molecular flexibility index (Phi) is 4.64. The summed E-state index contributed by atoms with van der Waals surface area (Å²) in [5.74, 6) is -0.0546. The van der Waals surface area contributed by atoms with Crippen molar-refractivity contribution >= 4 is 17.7 Å². The normalized spacial score (nSPS) is 23.8. The number of rotatable bonds is 4. The number of nitrogens with zero attached hydrogens (tertiary/aromatic N) is 1. The molecule has 1 aromatic rings. The van der Waals surface area contributed by atoms with Crippen molar-refractivity contribution in [3.05, 3.63) is 24.0 Å². The predicted octanol–water partition coefficient (Wildman–Crippen LogP) is 3.84. The van der Waals surface area contributed by atoms with E-state index in [-0.39, 0.29) is 5.69 Å². The molecule has 2 rings (SSSR count). The summed E-state index contributed by atoms with van der Waals surface area (Å²) in [7, 11) is 0. The number of thioether (sulfide) groups is 1. The Morgan fingerprint density at radius 2 is 2.17 bits per heavy atom. The highest BCUT2D eigenvalue weighted by Gasteiger charge is 2.21. The highest BCUT2D eigenvalue weighted by molar-refractivity contribution is 8.00. The van der Waals surface area contributed by atoms with Crippen LogP contribution in [-0.2, 0) is 0 Å². The van der Waals surface area contributed by atoms with Crippen molar-refractivity contribution in [1.82, 2.24) is 4.98 Å². The zero-order valence-electron chi connectivity index (χ0n) is 10.6. The maximum atomic E-state index is 10.9. The van der Waals surface area contributed by atoms with Gasteiger partial charge in [-0.25, -0.2) is 9.78 Å². The zero-order chi connectivity index (χ0) is 13.0. The Morgan fingerprint density at radius 1 is 1.44 bits per heavy atom. The monoisotopic (exact) mass is 265 g/mol. The van der Waals surface area contributed by atoms with Gasteiger partial charge in [-0.1, -0.05) is 13.3 Å². The van der Waals surface area contributed by atoms with Gasteiger partial charge in [0.1, 0.15) is 5.69 Å². The van der Waals surface area contributed by atoms with Crippen molar-refractivity contribution in [2.45, 2.75) is 49.2 Å². The number of carboxylic acid groups (broad SMARTS) is 1. The maximum absolute atomic E-state index is 10.9. The van der Waals surface area contributed by atoms with Crippen LogP contribution in [0.4, 0.5) is 0 Å². The van der Waals surface area contributed by atoms with Crippen LogP contribution >= 0.6 is 11.8 Å². The lowest BCUT2D eigenvalue weighted by atomic mass is 9.87. The fourth-order valence-electron chi connectivity index (χ4n) is 2.45. The van der Waals surface area contributed by atoms with Gasteiger partial charge in [-0.2, -0.15) is 0 Å². The minimum atomic E-state index is -0.952. The number of aromatic carboxylic acids is 1. The van der Waals surface area contributed by atoms with E-state index >= 15 is 0 Å². The van der Waals surface area contributed by atoms with Crippen LogP contribution in [0.5, 0.6) is 0 Å². The predicted molar refractivity (Wildman–Crippen MR) is 73.1 cm³/mol. The van der Waals surface area contributed by atoms with Crippen LogP contribution in [0.15, 0.2) is 23.2 Å². The van der Waals surface area contributed by atoms with Gasteiger partial charge in [-0.3, -0.25) is 0 Å². The van der Waals surface area contributed by atoms with E-state index in [9.17, 15) is 4.79 Å². The molecule has 0 aliphatic heterocycles. The third-order valence-electron chi connectivity index (χ3n) is 3.62. The van der Waals surface area contributed by atoms with E-state index in [4.69, 9.17) is 5.11 Å². The average Bonchev–Trinajstić information content (AvgIpc) is 2.40. The highest BCUT2D eigenvalue weighted by atomic mass is 32.2. The van der Waals surface area contributed by atoms with Crippen LogP contribution in [-0.4, -0.2) is 21.3 Å². The molecule has 98 valence electrons. The minimum absolute atomic E-state index is 0.141. The van der Waals surface area contributed by atoms with Gasteiger partial charge in [0.25, 0.3) is 0 Å². The molecule has 1 saturated carbocycles. The second-order valence-electron chi connectivity index (χ2n) is 4.85. The Hall–Kier alpha value is -1.03. The van der Waals surface area contributed by atoms with E-state index in [2.05, 4.69) is 11.9 Å². The lowest BCUT2D eigenvalue weighted by Gasteiger charge is -2.27. The first-order valence-electron chi connectivity index (χ1n) is 6.55. The van der Waals surface area contributed by atoms with E-state index in [0.717, 1.165) is 10.8 Å². The van der Waals surface area contributed by atoms with Gasteiger partial charge in [0.15, 0.2) is 0 Å². The number of carboxylic acids is 1. The standard InChI is InChI=1S/C14H19NO2S/c1-2-10-3-5-11(6-4-10)18-12-7-8-15-13(9-12)14(16)17/h7-11H,2-6H2,1H3,(H,16,17). The van der Waals surface area contributed by atoms with Crippen LogP contribution in [0, 0.1) is 5.92 Å². The lowest BCUT2D eigenvalue weighted by molar-refractivity contribution is 0.0690. The number of aromatic nitrogens is 1. The van der Waals surface area contributed by atoms with Crippen molar-refractivity contribution in [3.63, 3.8) is 0 Å². The van der Waals surface area contributed by atoms with Gasteiger partial charge in [-0.05, 0) is 43.7 Å². The summed E-state index contributed by atoms with van der Waals surface area (Å²) in [6.45, 7) is 2.26. The third kappa shape index (κ3) is 3.48. The Morgan fingerprint density at radius 3 is 2.78 bits per heavy atom. The van der Waals surface area contributed by atoms with Gasteiger partial charge in [0.05, 0.1) is 0 Å². The van der Waals surface area contributed by atoms with Crippen molar-refractivity contribution in [2.24, 2.45) is 5.92 Å². The first-order valence-corrected chi connectivity index (χ1v) is 7.43. The van der Waals surface area contributed by atoms with E-state index in [1.54, 1.807) is 24.0 Å². The Balaban J connectivity index is 1.94. The van der Waals surface area contributed by atoms with Crippen LogP contribution in [0.25, 0.3) is 0 Å². The van der Waals surface area contributed by atoms with Crippen LogP contribution in [0.3, 0.4) is 0 Å². The van der Waals surface area contributed by atoms with Crippen LogP contribution in [0.2, 0.25) is 0 Å². The number of carbonyl (C=O) groups is 1. The molecule has 0 atom stereocenters. The highest BCUT2D eigenvalue weighted by Crippen LogP contribution is 2.36. The second kappa shape index (κ2) is 6.23. The fraction of sp³-hybridized carbons (Fsp3) is 0.571. The minimum Gasteiger partial charge on any atom is -0.477 e. The van der Waals surface area contributed by atoms with Gasteiger partial charge in [0.2, 0.25) is 0 Å². The molecule has 0 unspecified atom stereocenters. The van der Waals surface area contributed by atoms with Gasteiger partial charge >= 0.3 is 5.97 Å². The molecule has 0 saturated heterocycles. The molecule has 0 bridgehead atoms. The molecule has 3 nitrogen and oxygen atoms in total. The topological polar surface area (TPSA) is 50.2 Å². The molecule has 0 aromatic carbocycles. The molecule has 1 fully saturated rings. The smallest absolute Gasteiger partial charge is 0.354 e. The van der Waals surface area contributed by atoms with E-state index < -0.39 is 5.97 Å². The van der Waals surface area contributed by atoms with E-state index in [0.29, 0.717) is 5.25 Å². The summed E-state index contributed by atoms with van der Waals surface area (Å²) >= 11 is 1.81. The van der Waals surface area contributed by atoms with E-state index in [1.807, 2.05) is 6.07 Å². The molecule has 18 heavy (non-hydrogen) atoms. The Bertz CT molecular complexity index is 414. The molecular weight excluding hydrogens is 246 g/mol. The van der Waals surface area contributed by atoms with Gasteiger partial charge in [0, 0.05) is 16.3 Å². The van der Waals surface area contributed by atoms with Crippen LogP contribution in [0.1, 0.15) is 49.5 Å². The maximum Gasteiger partial charge on any atom is 0.354 e. The molecule has 0 radical (unpaired) electrons. The second-order valence-corrected chi connectivity index (χ2v) is 6.22. The molecule has 1 aromatic heterocycles. The van der Waals surface area contributed by atoms with Crippen LogP contribution < -0.4 is 0 Å². The van der Waals surface area contributed by atoms with E-state index in [1.165, 1.54) is 32.1 Å². The summed E-state index contributed by atoms with van der Waals surface area (Å²) in [6.07, 6.45) is 7.98. The fourth-order valence-corrected chi connectivity index (χ4v) is 3.66. The Labute approximate surface area is 112 Å². The average molecular weight is 265 g/mol. The zero-order valence-corrected chi connectivity index (χ0v) is 11.4. The first kappa shape index (κ1) is 13.4. The molecule has 1 N–H and O–H groups in total. The lowest BCUT2D eigenvalue weighted by Crippen LogP contribution is -2.15. The number of pyridine rings is 1. The van der Waals surface area contributed by atoms with Crippen molar-refractivity contribution < 1.29 is 9.90 Å². The SMILES string of the molecule is CCC1CCC(Sc2ccnc(C(=O)O)c2)CC1. The molecule has 0 spiro atoms. The summed E-state index contributed by atoms with van der Waals surface area (Å²) < 4.78 is 0. The van der Waals surface area contributed by atoms with Crippen molar-refractivity contribution in [1.29, 1.82) is 0 Å². The molecule has 1 heterocycles. The number of hydrogen-bond acceptors (Lipinski definition) is 3. The van der Waals surface area contributed by atoms with Gasteiger partial charge < -0.3 is 5.11 Å². The van der Waals surface area contributed by atoms with Crippen molar-refractivity contribution in [3.8, 4) is 0 Å². The van der Waals surface area contributed by atoms with Gasteiger partial charge in [-0.15, -0.1) is 11.8 Å². The first-order chi connectivity index (χ1) is 8.69. The largest absolute Gasteiger partial charge is 0.477 e. The summed E-state index contributed by atoms with van der Waals surface area (Å²) in [6, 6.07) is 3.59. The molecule has 0 amide bonds. The molecule has 1 aliphatic carbocycles.